The highest BCUT2D eigenvalue weighted by Crippen LogP contribution is 1.90. The Hall–Kier alpha value is -0.240. The minimum atomic E-state index is -0.583. The van der Waals surface area contributed by atoms with E-state index in [9.17, 15) is 0 Å². The molecule has 4 N–H and O–H groups in total. The number of hydrogen-bond acceptors (Lipinski definition) is 6. The van der Waals surface area contributed by atoms with E-state index in [0.29, 0.717) is 13.1 Å². The highest BCUT2D eigenvalue weighted by atomic mass is 16.3. The van der Waals surface area contributed by atoms with Crippen molar-refractivity contribution in [3.63, 3.8) is 0 Å². The Balaban J connectivity index is 0. The van der Waals surface area contributed by atoms with Crippen molar-refractivity contribution in [1.29, 1.82) is 0 Å². The van der Waals surface area contributed by atoms with Crippen LogP contribution in [-0.2, 0) is 0 Å². The lowest BCUT2D eigenvalue weighted by molar-refractivity contribution is 0.0623. The van der Waals surface area contributed by atoms with Crippen LogP contribution in [-0.4, -0.2) is 94.9 Å². The molecule has 0 aliphatic heterocycles. The van der Waals surface area contributed by atoms with Gasteiger partial charge in [0.25, 0.3) is 0 Å². The van der Waals surface area contributed by atoms with Crippen molar-refractivity contribution >= 4 is 0 Å². The lowest BCUT2D eigenvalue weighted by Gasteiger charge is -2.20. The van der Waals surface area contributed by atoms with Crippen LogP contribution in [0.25, 0.3) is 0 Å². The molecule has 0 fully saturated rings. The molecule has 0 heterocycles. The monoisotopic (exact) mass is 294 g/mol. The molecule has 0 bridgehead atoms. The van der Waals surface area contributed by atoms with Crippen LogP contribution < -0.4 is 0 Å². The van der Waals surface area contributed by atoms with Gasteiger partial charge in [-0.3, -0.25) is 0 Å². The lowest BCUT2D eigenvalue weighted by Crippen LogP contribution is -2.33. The van der Waals surface area contributed by atoms with Gasteiger partial charge in [-0.15, -0.1) is 0 Å². The van der Waals surface area contributed by atoms with Crippen molar-refractivity contribution in [2.24, 2.45) is 0 Å². The molecule has 124 valence electrons. The van der Waals surface area contributed by atoms with Gasteiger partial charge >= 0.3 is 0 Å². The highest BCUT2D eigenvalue weighted by Gasteiger charge is 2.06. The molecule has 0 saturated heterocycles. The third-order valence-electron chi connectivity index (χ3n) is 3.15. The Labute approximate surface area is 123 Å². The van der Waals surface area contributed by atoms with Gasteiger partial charge in [-0.1, -0.05) is 27.7 Å². The van der Waals surface area contributed by atoms with Crippen molar-refractivity contribution in [3.8, 4) is 0 Å². The molecule has 0 spiro atoms. The quantitative estimate of drug-likeness (QED) is 0.429. The fraction of sp³-hybridized carbons (Fsp3) is 1.00. The maximum absolute atomic E-state index is 9.00. The van der Waals surface area contributed by atoms with Crippen LogP contribution in [0.2, 0.25) is 0 Å². The van der Waals surface area contributed by atoms with E-state index in [-0.39, 0.29) is 13.2 Å². The number of hydrogen-bond donors (Lipinski definition) is 4. The summed E-state index contributed by atoms with van der Waals surface area (Å²) in [4.78, 5) is 4.14. The first-order chi connectivity index (χ1) is 9.48. The van der Waals surface area contributed by atoms with E-state index in [4.69, 9.17) is 20.4 Å². The first kappa shape index (κ1) is 22.0. The second-order valence-electron chi connectivity index (χ2n) is 4.64. The van der Waals surface area contributed by atoms with Crippen LogP contribution in [0, 0.1) is 0 Å². The van der Waals surface area contributed by atoms with Crippen LogP contribution >= 0.6 is 0 Å². The normalized spacial score (nSPS) is 14.1. The molecule has 0 radical (unpaired) electrons. The Bertz CT molecular complexity index is 168. The molecule has 0 rings (SSSR count). The van der Waals surface area contributed by atoms with Gasteiger partial charge in [0.05, 0.1) is 25.4 Å². The SMILES string of the molecule is CCN(CC)CC(O)CO.CCN(CC)CC(O)CO. The molecule has 20 heavy (non-hydrogen) atoms. The molecule has 2 atom stereocenters. The zero-order chi connectivity index (χ0) is 16.0. The predicted octanol–water partition coefficient (Wildman–Crippen LogP) is -0.637. The number of aliphatic hydroxyl groups is 4. The second-order valence-corrected chi connectivity index (χ2v) is 4.64. The van der Waals surface area contributed by atoms with Gasteiger partial charge in [0.2, 0.25) is 0 Å². The Morgan fingerprint density at radius 2 is 0.900 bits per heavy atom. The van der Waals surface area contributed by atoms with Gasteiger partial charge in [-0.2, -0.15) is 0 Å². The smallest absolute Gasteiger partial charge is 0.0897 e. The van der Waals surface area contributed by atoms with E-state index in [1.807, 2.05) is 27.7 Å². The summed E-state index contributed by atoms with van der Waals surface area (Å²) in [6.45, 7) is 12.7. The van der Waals surface area contributed by atoms with Crippen molar-refractivity contribution in [2.75, 3.05) is 52.5 Å². The predicted molar refractivity (Wildman–Crippen MR) is 81.8 cm³/mol. The zero-order valence-corrected chi connectivity index (χ0v) is 13.5. The molecular formula is C14H34N2O4. The van der Waals surface area contributed by atoms with Gasteiger partial charge in [0.15, 0.2) is 0 Å². The van der Waals surface area contributed by atoms with Gasteiger partial charge in [0, 0.05) is 13.1 Å². The van der Waals surface area contributed by atoms with Gasteiger partial charge in [-0.25, -0.2) is 0 Å². The summed E-state index contributed by atoms with van der Waals surface area (Å²) < 4.78 is 0. The Morgan fingerprint density at radius 1 is 0.650 bits per heavy atom. The van der Waals surface area contributed by atoms with E-state index >= 15 is 0 Å². The van der Waals surface area contributed by atoms with Gasteiger partial charge in [0.1, 0.15) is 0 Å². The van der Waals surface area contributed by atoms with Gasteiger partial charge < -0.3 is 30.2 Å². The van der Waals surface area contributed by atoms with E-state index in [2.05, 4.69) is 9.80 Å². The third kappa shape index (κ3) is 12.8. The Morgan fingerprint density at radius 3 is 1.05 bits per heavy atom. The first-order valence-corrected chi connectivity index (χ1v) is 7.51. The molecule has 0 aromatic rings. The van der Waals surface area contributed by atoms with Crippen molar-refractivity contribution < 1.29 is 20.4 Å². The molecule has 6 heteroatoms. The number of rotatable bonds is 10. The van der Waals surface area contributed by atoms with Crippen LogP contribution in [0.5, 0.6) is 0 Å². The molecule has 0 aromatic heterocycles. The summed E-state index contributed by atoms with van der Waals surface area (Å²) >= 11 is 0. The Kier molecular flexibility index (Phi) is 16.7. The fourth-order valence-electron chi connectivity index (χ4n) is 1.68. The van der Waals surface area contributed by atoms with Crippen molar-refractivity contribution in [2.45, 2.75) is 39.9 Å². The van der Waals surface area contributed by atoms with Crippen LogP contribution in [0.3, 0.4) is 0 Å². The molecule has 0 saturated carbocycles. The highest BCUT2D eigenvalue weighted by molar-refractivity contribution is 4.60. The standard InChI is InChI=1S/2C7H17NO2/c2*1-3-8(4-2)5-7(10)6-9/h2*7,9-10H,3-6H2,1-2H3. The minimum Gasteiger partial charge on any atom is -0.394 e. The molecule has 0 amide bonds. The van der Waals surface area contributed by atoms with Crippen LogP contribution in [0.4, 0.5) is 0 Å². The molecule has 0 aromatic carbocycles. The molecule has 0 aliphatic rings. The maximum Gasteiger partial charge on any atom is 0.0897 e. The average molecular weight is 294 g/mol. The largest absolute Gasteiger partial charge is 0.394 e. The maximum atomic E-state index is 9.00. The summed E-state index contributed by atoms with van der Waals surface area (Å²) in [7, 11) is 0. The zero-order valence-electron chi connectivity index (χ0n) is 13.5. The lowest BCUT2D eigenvalue weighted by atomic mass is 10.3. The molecule has 0 aliphatic carbocycles. The summed E-state index contributed by atoms with van der Waals surface area (Å²) in [6, 6.07) is 0. The summed E-state index contributed by atoms with van der Waals surface area (Å²) in [5.74, 6) is 0. The second kappa shape index (κ2) is 15.2. The van der Waals surface area contributed by atoms with E-state index in [1.165, 1.54) is 0 Å². The molecule has 6 nitrogen and oxygen atoms in total. The van der Waals surface area contributed by atoms with Crippen LogP contribution in [0.15, 0.2) is 0 Å². The van der Waals surface area contributed by atoms with E-state index in [1.54, 1.807) is 0 Å². The van der Waals surface area contributed by atoms with E-state index in [0.717, 1.165) is 26.2 Å². The number of aliphatic hydroxyl groups excluding tert-OH is 4. The summed E-state index contributed by atoms with van der Waals surface area (Å²) in [5.41, 5.74) is 0. The van der Waals surface area contributed by atoms with Gasteiger partial charge in [-0.05, 0) is 26.2 Å². The molecular weight excluding hydrogens is 260 g/mol. The van der Waals surface area contributed by atoms with Crippen molar-refractivity contribution in [1.82, 2.24) is 9.80 Å². The average Bonchev–Trinajstić information content (AvgIpc) is 2.50. The first-order valence-electron chi connectivity index (χ1n) is 7.51. The van der Waals surface area contributed by atoms with Crippen LogP contribution in [0.1, 0.15) is 27.7 Å². The fourth-order valence-corrected chi connectivity index (χ4v) is 1.68. The topological polar surface area (TPSA) is 87.4 Å². The van der Waals surface area contributed by atoms with Crippen molar-refractivity contribution in [3.05, 3.63) is 0 Å². The number of likely N-dealkylation sites (N-methyl/N-ethyl adjacent to an activating group) is 2. The third-order valence-corrected chi connectivity index (χ3v) is 3.15. The van der Waals surface area contributed by atoms with E-state index < -0.39 is 12.2 Å². The molecule has 2 unspecified atom stereocenters. The minimum absolute atomic E-state index is 0.142. The summed E-state index contributed by atoms with van der Waals surface area (Å²) in [6.07, 6.45) is -1.17. The number of nitrogens with zero attached hydrogens (tertiary/aromatic N) is 2. The summed E-state index contributed by atoms with van der Waals surface area (Å²) in [5, 5.41) is 35.0.